The molecule has 86 valence electrons. The van der Waals surface area contributed by atoms with Crippen LogP contribution in [-0.4, -0.2) is 33.3 Å². The van der Waals surface area contributed by atoms with Gasteiger partial charge in [-0.25, -0.2) is 4.98 Å². The highest BCUT2D eigenvalue weighted by Crippen LogP contribution is 2.20. The molecule has 0 bridgehead atoms. The maximum atomic E-state index is 11.5. The summed E-state index contributed by atoms with van der Waals surface area (Å²) in [6.45, 7) is 1.91. The Kier molecular flexibility index (Phi) is 3.28. The summed E-state index contributed by atoms with van der Waals surface area (Å²) in [5.74, 6) is 0.137. The van der Waals surface area contributed by atoms with Gasteiger partial charge in [-0.05, 0) is 18.0 Å². The van der Waals surface area contributed by atoms with Gasteiger partial charge in [-0.2, -0.15) is 9.97 Å². The lowest BCUT2D eigenvalue weighted by atomic mass is 10.3. The van der Waals surface area contributed by atoms with Gasteiger partial charge < -0.3 is 9.79 Å². The molecule has 1 N–H and O–H groups in total. The van der Waals surface area contributed by atoms with Gasteiger partial charge in [0.1, 0.15) is 5.52 Å². The summed E-state index contributed by atoms with van der Waals surface area (Å²) >= 11 is 5.74. The molecule has 0 unspecified atom stereocenters. The molecular formula is C9H9BClN5O. The topological polar surface area (TPSA) is 72.7 Å². The van der Waals surface area contributed by atoms with E-state index >= 15 is 0 Å². The molecule has 0 aromatic carbocycles. The number of aromatic nitrogens is 4. The van der Waals surface area contributed by atoms with Gasteiger partial charge in [-0.15, -0.1) is 0 Å². The molecule has 0 aliphatic heterocycles. The van der Waals surface area contributed by atoms with Crippen LogP contribution in [0.4, 0.5) is 5.82 Å². The first-order valence-corrected chi connectivity index (χ1v) is 5.45. The molecule has 0 fully saturated rings. The van der Waals surface area contributed by atoms with Crippen molar-refractivity contribution in [2.24, 2.45) is 0 Å². The van der Waals surface area contributed by atoms with Crippen molar-refractivity contribution in [2.75, 3.05) is 5.32 Å². The van der Waals surface area contributed by atoms with Gasteiger partial charge in [-0.1, -0.05) is 6.92 Å². The van der Waals surface area contributed by atoms with E-state index in [1.165, 1.54) is 10.8 Å². The zero-order valence-electron chi connectivity index (χ0n) is 9.14. The molecule has 2 radical (unpaired) electrons. The summed E-state index contributed by atoms with van der Waals surface area (Å²) in [4.78, 5) is 23.4. The molecule has 0 spiro atoms. The molecule has 2 heterocycles. The van der Waals surface area contributed by atoms with E-state index < -0.39 is 0 Å². The largest absolute Gasteiger partial charge is 0.372 e. The second-order valence-corrected chi connectivity index (χ2v) is 3.80. The number of amides is 1. The molecule has 0 saturated heterocycles. The van der Waals surface area contributed by atoms with Gasteiger partial charge in [0, 0.05) is 6.42 Å². The van der Waals surface area contributed by atoms with E-state index in [1.54, 1.807) is 0 Å². The number of nitrogens with zero attached hydrogens (tertiary/aromatic N) is 4. The quantitative estimate of drug-likeness (QED) is 0.654. The molecule has 2 rings (SSSR count). The molecule has 8 heteroatoms. The lowest BCUT2D eigenvalue weighted by Gasteiger charge is -2.04. The average Bonchev–Trinajstić information content (AvgIpc) is 2.61. The standard InChI is InChI=1S/C9H9BClN5O/c1-2-3-5(17)13-7-6-8(15-9(11)14-7)16(10)4-12-6/h4H,2-3H2,1H3,(H,13,14,15,17). The van der Waals surface area contributed by atoms with Crippen LogP contribution in [-0.2, 0) is 4.79 Å². The Bertz CT molecular complexity index is 570. The molecule has 1 amide bonds. The predicted molar refractivity (Wildman–Crippen MR) is 65.0 cm³/mol. The van der Waals surface area contributed by atoms with E-state index in [0.29, 0.717) is 17.6 Å². The summed E-state index contributed by atoms with van der Waals surface area (Å²) in [6, 6.07) is 0. The van der Waals surface area contributed by atoms with Crippen molar-refractivity contribution in [1.29, 1.82) is 0 Å². The van der Waals surface area contributed by atoms with E-state index in [1.807, 2.05) is 6.92 Å². The van der Waals surface area contributed by atoms with E-state index in [4.69, 9.17) is 19.6 Å². The zero-order chi connectivity index (χ0) is 12.4. The third-order valence-electron chi connectivity index (χ3n) is 2.13. The number of anilines is 1. The van der Waals surface area contributed by atoms with Crippen LogP contribution in [0.2, 0.25) is 5.28 Å². The highest BCUT2D eigenvalue weighted by molar-refractivity contribution is 6.29. The summed E-state index contributed by atoms with van der Waals surface area (Å²) in [6.07, 6.45) is 2.54. The fourth-order valence-electron chi connectivity index (χ4n) is 1.40. The van der Waals surface area contributed by atoms with Crippen LogP contribution < -0.4 is 5.32 Å². The minimum absolute atomic E-state index is 0.0106. The lowest BCUT2D eigenvalue weighted by Crippen LogP contribution is -2.12. The van der Waals surface area contributed by atoms with Crippen molar-refractivity contribution < 1.29 is 4.79 Å². The third-order valence-corrected chi connectivity index (χ3v) is 2.30. The number of nitrogens with one attached hydrogen (secondary N) is 1. The van der Waals surface area contributed by atoms with Crippen molar-refractivity contribution >= 4 is 42.5 Å². The van der Waals surface area contributed by atoms with E-state index in [2.05, 4.69) is 20.3 Å². The summed E-state index contributed by atoms with van der Waals surface area (Å²) < 4.78 is 1.22. The van der Waals surface area contributed by atoms with Crippen LogP contribution in [0.3, 0.4) is 0 Å². The van der Waals surface area contributed by atoms with Crippen LogP contribution in [0.25, 0.3) is 11.2 Å². The molecule has 2 aromatic heterocycles. The van der Waals surface area contributed by atoms with Crippen LogP contribution in [0.5, 0.6) is 0 Å². The number of carbonyl (C=O) groups is 1. The first-order chi connectivity index (χ1) is 8.11. The second-order valence-electron chi connectivity index (χ2n) is 3.46. The fraction of sp³-hybridized carbons (Fsp3) is 0.333. The van der Waals surface area contributed by atoms with Gasteiger partial charge in [0.05, 0.1) is 6.33 Å². The van der Waals surface area contributed by atoms with Gasteiger partial charge in [0.2, 0.25) is 19.2 Å². The lowest BCUT2D eigenvalue weighted by molar-refractivity contribution is -0.116. The normalized spacial score (nSPS) is 10.7. The van der Waals surface area contributed by atoms with Crippen LogP contribution in [0.1, 0.15) is 19.8 Å². The Balaban J connectivity index is 2.42. The first kappa shape index (κ1) is 11.8. The maximum absolute atomic E-state index is 11.5. The Morgan fingerprint density at radius 3 is 3.06 bits per heavy atom. The minimum atomic E-state index is -0.143. The van der Waals surface area contributed by atoms with Crippen molar-refractivity contribution in [3.8, 4) is 0 Å². The van der Waals surface area contributed by atoms with E-state index in [0.717, 1.165) is 6.42 Å². The SMILES string of the molecule is [B]n1cnc2c(NC(=O)CCC)nc(Cl)nc21. The molecule has 0 aliphatic rings. The highest BCUT2D eigenvalue weighted by Gasteiger charge is 2.12. The van der Waals surface area contributed by atoms with Crippen LogP contribution in [0.15, 0.2) is 6.33 Å². The predicted octanol–water partition coefficient (Wildman–Crippen LogP) is 1.15. The van der Waals surface area contributed by atoms with Crippen molar-refractivity contribution in [2.45, 2.75) is 19.8 Å². The second kappa shape index (κ2) is 4.71. The van der Waals surface area contributed by atoms with Crippen molar-refractivity contribution in [3.05, 3.63) is 11.6 Å². The average molecular weight is 249 g/mol. The maximum Gasteiger partial charge on any atom is 0.238 e. The van der Waals surface area contributed by atoms with Gasteiger partial charge in [0.25, 0.3) is 0 Å². The van der Waals surface area contributed by atoms with Gasteiger partial charge >= 0.3 is 0 Å². The molecular weight excluding hydrogens is 240 g/mol. The fourth-order valence-corrected chi connectivity index (χ4v) is 1.56. The summed E-state index contributed by atoms with van der Waals surface area (Å²) in [7, 11) is 5.60. The van der Waals surface area contributed by atoms with Crippen LogP contribution in [0, 0.1) is 0 Å². The van der Waals surface area contributed by atoms with Gasteiger partial charge in [-0.3, -0.25) is 4.79 Å². The van der Waals surface area contributed by atoms with Crippen LogP contribution >= 0.6 is 11.6 Å². The number of imidazole rings is 1. The minimum Gasteiger partial charge on any atom is -0.372 e. The van der Waals surface area contributed by atoms with E-state index in [-0.39, 0.29) is 17.0 Å². The third kappa shape index (κ3) is 2.39. The summed E-state index contributed by atoms with van der Waals surface area (Å²) in [5.41, 5.74) is 0.790. The molecule has 6 nitrogen and oxygen atoms in total. The van der Waals surface area contributed by atoms with Crippen molar-refractivity contribution in [3.63, 3.8) is 0 Å². The number of hydrogen-bond acceptors (Lipinski definition) is 4. The first-order valence-electron chi connectivity index (χ1n) is 5.07. The van der Waals surface area contributed by atoms with E-state index in [9.17, 15) is 4.79 Å². The summed E-state index contributed by atoms with van der Waals surface area (Å²) in [5, 5.41) is 2.64. The Morgan fingerprint density at radius 2 is 2.35 bits per heavy atom. The number of rotatable bonds is 3. The van der Waals surface area contributed by atoms with Crippen molar-refractivity contribution in [1.82, 2.24) is 19.4 Å². The molecule has 17 heavy (non-hydrogen) atoms. The smallest absolute Gasteiger partial charge is 0.238 e. The molecule has 0 saturated carbocycles. The monoisotopic (exact) mass is 249 g/mol. The Morgan fingerprint density at radius 1 is 1.59 bits per heavy atom. The molecule has 0 atom stereocenters. The Hall–Kier alpha value is -1.63. The Labute approximate surface area is 104 Å². The molecule has 0 aliphatic carbocycles. The number of carbonyl (C=O) groups excluding carboxylic acids is 1. The molecule has 2 aromatic rings. The highest BCUT2D eigenvalue weighted by atomic mass is 35.5. The van der Waals surface area contributed by atoms with Gasteiger partial charge in [0.15, 0.2) is 11.5 Å². The number of fused-ring (bicyclic) bond motifs is 1. The number of halogens is 1. The zero-order valence-corrected chi connectivity index (χ0v) is 9.90. The number of hydrogen-bond donors (Lipinski definition) is 1.